The Bertz CT molecular complexity index is 1670. The van der Waals surface area contributed by atoms with Crippen LogP contribution in [0.3, 0.4) is 0 Å². The van der Waals surface area contributed by atoms with E-state index in [4.69, 9.17) is 4.74 Å². The minimum atomic E-state index is -3.89. The highest BCUT2D eigenvalue weighted by Crippen LogP contribution is 2.53. The van der Waals surface area contributed by atoms with Crippen molar-refractivity contribution in [1.29, 1.82) is 0 Å². The van der Waals surface area contributed by atoms with Crippen molar-refractivity contribution in [1.82, 2.24) is 4.31 Å². The fourth-order valence-corrected chi connectivity index (χ4v) is 9.30. The van der Waals surface area contributed by atoms with Crippen LogP contribution >= 0.6 is 0 Å². The van der Waals surface area contributed by atoms with Crippen molar-refractivity contribution >= 4 is 37.3 Å². The number of benzene rings is 3. The molecule has 0 radical (unpaired) electrons. The molecule has 2 atom stereocenters. The van der Waals surface area contributed by atoms with Gasteiger partial charge in [-0.3, -0.25) is 9.52 Å². The predicted octanol–water partition coefficient (Wildman–Crippen LogP) is 5.34. The number of para-hydroxylation sites is 2. The molecule has 3 aromatic rings. The summed E-state index contributed by atoms with van der Waals surface area (Å²) in [6.45, 7) is 7.08. The van der Waals surface area contributed by atoms with Crippen LogP contribution < -0.4 is 14.8 Å². The number of hydrogen-bond donors (Lipinski definition) is 2. The number of carbonyl (C=O) groups excluding carboxylic acids is 1. The maximum Gasteiger partial charge on any atom is 0.262 e. The summed E-state index contributed by atoms with van der Waals surface area (Å²) in [4.78, 5) is 13.1. The number of carbonyl (C=O) groups is 1. The second-order valence-corrected chi connectivity index (χ2v) is 15.6. The number of amides is 1. The fraction of sp³-hybridized carbons (Fsp3) is 0.367. The van der Waals surface area contributed by atoms with Crippen LogP contribution in [0.15, 0.2) is 82.6 Å². The second kappa shape index (κ2) is 10.5. The Labute approximate surface area is 242 Å². The van der Waals surface area contributed by atoms with E-state index in [2.05, 4.69) is 30.8 Å². The number of nitrogens with one attached hydrogen (secondary N) is 2. The van der Waals surface area contributed by atoms with Crippen LogP contribution in [0.5, 0.6) is 5.75 Å². The molecule has 2 N–H and O–H groups in total. The molecule has 1 saturated heterocycles. The smallest absolute Gasteiger partial charge is 0.262 e. The molecule has 1 saturated carbocycles. The van der Waals surface area contributed by atoms with Gasteiger partial charge in [0.05, 0.1) is 22.6 Å². The van der Waals surface area contributed by atoms with Crippen LogP contribution in [-0.4, -0.2) is 46.7 Å². The summed E-state index contributed by atoms with van der Waals surface area (Å²) in [7, 11) is -6.13. The lowest BCUT2D eigenvalue weighted by molar-refractivity contribution is 0.102. The van der Waals surface area contributed by atoms with Crippen molar-refractivity contribution in [2.45, 2.75) is 55.9 Å². The first kappa shape index (κ1) is 29.1. The molecular weight excluding hydrogens is 562 g/mol. The molecule has 5 rings (SSSR count). The first-order chi connectivity index (χ1) is 19.2. The van der Waals surface area contributed by atoms with E-state index in [-0.39, 0.29) is 32.2 Å². The summed E-state index contributed by atoms with van der Waals surface area (Å²) in [6.07, 6.45) is 2.69. The van der Waals surface area contributed by atoms with Crippen LogP contribution in [0, 0.1) is 10.8 Å². The normalized spacial score (nSPS) is 22.2. The van der Waals surface area contributed by atoms with E-state index >= 15 is 0 Å². The Morgan fingerprint density at radius 2 is 1.51 bits per heavy atom. The molecule has 41 heavy (non-hydrogen) atoms. The van der Waals surface area contributed by atoms with Gasteiger partial charge in [0.2, 0.25) is 10.0 Å². The van der Waals surface area contributed by atoms with E-state index in [9.17, 15) is 21.6 Å². The number of sulfonamides is 2. The molecule has 0 aromatic heterocycles. The largest absolute Gasteiger partial charge is 0.495 e. The van der Waals surface area contributed by atoms with Crippen molar-refractivity contribution < 1.29 is 26.4 Å². The SMILES string of the molecule is COc1ccccc1NS(=O)(=O)c1ccc(NC(=O)c2ccc(S(=O)(=O)N3C[C@]4(C)C[C@@H]3CC(C)(C)C4)cc2)cc1. The highest BCUT2D eigenvalue weighted by atomic mass is 32.2. The van der Waals surface area contributed by atoms with Crippen LogP contribution in [0.4, 0.5) is 11.4 Å². The lowest BCUT2D eigenvalue weighted by Gasteiger charge is -2.39. The number of ether oxygens (including phenoxy) is 1. The van der Waals surface area contributed by atoms with E-state index < -0.39 is 26.0 Å². The summed E-state index contributed by atoms with van der Waals surface area (Å²) < 4.78 is 62.1. The zero-order chi connectivity index (χ0) is 29.6. The summed E-state index contributed by atoms with van der Waals surface area (Å²) in [5, 5.41) is 2.73. The van der Waals surface area contributed by atoms with Crippen LogP contribution in [0.2, 0.25) is 0 Å². The molecule has 2 aliphatic rings. The zero-order valence-corrected chi connectivity index (χ0v) is 25.2. The quantitative estimate of drug-likeness (QED) is 0.362. The first-order valence-electron chi connectivity index (χ1n) is 13.4. The fourth-order valence-electron chi connectivity index (χ4n) is 6.46. The van der Waals surface area contributed by atoms with Gasteiger partial charge in [-0.25, -0.2) is 16.8 Å². The average Bonchev–Trinajstić information content (AvgIpc) is 3.18. The molecule has 2 bridgehead atoms. The van der Waals surface area contributed by atoms with Gasteiger partial charge in [-0.2, -0.15) is 4.31 Å². The predicted molar refractivity (Wildman–Crippen MR) is 158 cm³/mol. The molecule has 1 amide bonds. The Hall–Kier alpha value is -3.41. The Kier molecular flexibility index (Phi) is 7.42. The molecular formula is C30H35N3O6S2. The number of hydrogen-bond acceptors (Lipinski definition) is 6. The molecule has 11 heteroatoms. The molecule has 0 unspecified atom stereocenters. The van der Waals surface area contributed by atoms with Gasteiger partial charge in [0.15, 0.2) is 0 Å². The van der Waals surface area contributed by atoms with Gasteiger partial charge in [0.1, 0.15) is 5.75 Å². The third-order valence-electron chi connectivity index (χ3n) is 7.86. The van der Waals surface area contributed by atoms with E-state index in [0.717, 1.165) is 19.3 Å². The molecule has 0 spiro atoms. The maximum atomic E-state index is 13.5. The van der Waals surface area contributed by atoms with Crippen LogP contribution in [0.25, 0.3) is 0 Å². The van der Waals surface area contributed by atoms with Crippen molar-refractivity contribution in [3.8, 4) is 5.75 Å². The number of methoxy groups -OCH3 is 1. The third kappa shape index (κ3) is 5.98. The number of rotatable bonds is 8. The lowest BCUT2D eigenvalue weighted by atomic mass is 9.65. The monoisotopic (exact) mass is 597 g/mol. The minimum Gasteiger partial charge on any atom is -0.495 e. The van der Waals surface area contributed by atoms with E-state index in [1.807, 2.05) is 0 Å². The van der Waals surface area contributed by atoms with Gasteiger partial charge < -0.3 is 10.1 Å². The van der Waals surface area contributed by atoms with Crippen molar-refractivity contribution in [3.63, 3.8) is 0 Å². The molecule has 3 aromatic carbocycles. The molecule has 2 fully saturated rings. The van der Waals surface area contributed by atoms with Crippen LogP contribution in [0.1, 0.15) is 50.4 Å². The Balaban J connectivity index is 1.25. The maximum absolute atomic E-state index is 13.5. The number of anilines is 2. The molecule has 1 aliphatic heterocycles. The standard InChI is InChI=1S/C30H35N3O6S2/c1-29(2)17-23-18-30(3,19-29)20-33(23)41(37,38)25-13-9-21(10-14-25)28(34)31-22-11-15-24(16-12-22)40(35,36)32-26-7-5-6-8-27(26)39-4/h5-16,23,32H,17-20H2,1-4H3,(H,31,34)/t23-,30+/m0/s1. The molecule has 218 valence electrons. The average molecular weight is 598 g/mol. The number of nitrogens with zero attached hydrogens (tertiary/aromatic N) is 1. The van der Waals surface area contributed by atoms with E-state index in [1.54, 1.807) is 28.6 Å². The summed E-state index contributed by atoms with van der Waals surface area (Å²) in [6, 6.07) is 18.3. The Morgan fingerprint density at radius 3 is 2.17 bits per heavy atom. The second-order valence-electron chi connectivity index (χ2n) is 12.1. The van der Waals surface area contributed by atoms with E-state index in [1.165, 1.54) is 55.6 Å². The van der Waals surface area contributed by atoms with Crippen molar-refractivity contribution in [3.05, 3.63) is 78.4 Å². The highest BCUT2D eigenvalue weighted by molar-refractivity contribution is 7.92. The van der Waals surface area contributed by atoms with Crippen molar-refractivity contribution in [2.75, 3.05) is 23.7 Å². The van der Waals surface area contributed by atoms with Crippen LogP contribution in [-0.2, 0) is 20.0 Å². The van der Waals surface area contributed by atoms with Gasteiger partial charge in [-0.05, 0) is 90.8 Å². The van der Waals surface area contributed by atoms with Gasteiger partial charge in [0, 0.05) is 23.8 Å². The first-order valence-corrected chi connectivity index (χ1v) is 16.3. The molecule has 1 heterocycles. The van der Waals surface area contributed by atoms with Gasteiger partial charge >= 0.3 is 0 Å². The molecule has 9 nitrogen and oxygen atoms in total. The third-order valence-corrected chi connectivity index (χ3v) is 11.2. The number of fused-ring (bicyclic) bond motifs is 2. The molecule has 1 aliphatic carbocycles. The van der Waals surface area contributed by atoms with E-state index in [0.29, 0.717) is 23.7 Å². The minimum absolute atomic E-state index is 0.0135. The summed E-state index contributed by atoms with van der Waals surface area (Å²) in [5.41, 5.74) is 1.05. The topological polar surface area (TPSA) is 122 Å². The van der Waals surface area contributed by atoms with Gasteiger partial charge in [-0.15, -0.1) is 0 Å². The zero-order valence-electron chi connectivity index (χ0n) is 23.5. The van der Waals surface area contributed by atoms with Gasteiger partial charge in [-0.1, -0.05) is 32.9 Å². The highest BCUT2D eigenvalue weighted by Gasteiger charge is 2.53. The Morgan fingerprint density at radius 1 is 0.878 bits per heavy atom. The summed E-state index contributed by atoms with van der Waals surface area (Å²) in [5.74, 6) is -0.0526. The van der Waals surface area contributed by atoms with Crippen molar-refractivity contribution in [2.24, 2.45) is 10.8 Å². The summed E-state index contributed by atoms with van der Waals surface area (Å²) >= 11 is 0. The lowest BCUT2D eigenvalue weighted by Crippen LogP contribution is -2.37. The van der Waals surface area contributed by atoms with Gasteiger partial charge in [0.25, 0.3) is 15.9 Å².